The molecule has 0 fully saturated rings. The SMILES string of the molecule is Fc1ccc(C=Cc2sccc2-c2ccsc2C=Cc2ccc(F)cc2)cc1. The van der Waals surface area contributed by atoms with E-state index in [0.29, 0.717) is 0 Å². The van der Waals surface area contributed by atoms with Gasteiger partial charge in [-0.25, -0.2) is 8.78 Å². The highest BCUT2D eigenvalue weighted by atomic mass is 32.1. The minimum absolute atomic E-state index is 0.232. The monoisotopic (exact) mass is 406 g/mol. The van der Waals surface area contributed by atoms with Gasteiger partial charge < -0.3 is 0 Å². The topological polar surface area (TPSA) is 0 Å². The molecular formula is C24H16F2S2. The molecule has 4 rings (SSSR count). The molecule has 0 aliphatic carbocycles. The molecule has 2 aromatic heterocycles. The lowest BCUT2D eigenvalue weighted by Crippen LogP contribution is -1.78. The molecule has 2 heterocycles. The fourth-order valence-electron chi connectivity index (χ4n) is 2.84. The van der Waals surface area contributed by atoms with Crippen LogP contribution in [0.3, 0.4) is 0 Å². The summed E-state index contributed by atoms with van der Waals surface area (Å²) in [5, 5.41) is 4.15. The van der Waals surface area contributed by atoms with Crippen molar-refractivity contribution in [3.8, 4) is 11.1 Å². The molecule has 0 spiro atoms. The van der Waals surface area contributed by atoms with Gasteiger partial charge in [-0.1, -0.05) is 36.4 Å². The van der Waals surface area contributed by atoms with E-state index in [1.165, 1.54) is 35.4 Å². The summed E-state index contributed by atoms with van der Waals surface area (Å²) in [6, 6.07) is 17.2. The van der Waals surface area contributed by atoms with Crippen LogP contribution < -0.4 is 0 Å². The van der Waals surface area contributed by atoms with Crippen molar-refractivity contribution in [2.24, 2.45) is 0 Å². The van der Waals surface area contributed by atoms with E-state index in [1.807, 2.05) is 12.2 Å². The Morgan fingerprint density at radius 1 is 0.500 bits per heavy atom. The first-order valence-electron chi connectivity index (χ1n) is 8.72. The minimum Gasteiger partial charge on any atom is -0.207 e. The van der Waals surface area contributed by atoms with Gasteiger partial charge in [0.15, 0.2) is 0 Å². The maximum absolute atomic E-state index is 13.1. The molecule has 0 aliphatic heterocycles. The number of rotatable bonds is 5. The minimum atomic E-state index is -0.232. The molecule has 0 unspecified atom stereocenters. The fourth-order valence-corrected chi connectivity index (χ4v) is 4.44. The van der Waals surface area contributed by atoms with E-state index in [2.05, 4.69) is 35.0 Å². The summed E-state index contributed by atoms with van der Waals surface area (Å²) in [4.78, 5) is 2.30. The van der Waals surface area contributed by atoms with Crippen LogP contribution in [0.5, 0.6) is 0 Å². The number of thiophene rings is 2. The predicted molar refractivity (Wildman–Crippen MR) is 118 cm³/mol. The second-order valence-electron chi connectivity index (χ2n) is 6.17. The zero-order valence-electron chi connectivity index (χ0n) is 14.8. The highest BCUT2D eigenvalue weighted by Crippen LogP contribution is 2.36. The second kappa shape index (κ2) is 8.46. The molecule has 4 aromatic rings. The third-order valence-corrected chi connectivity index (χ3v) is 6.04. The molecule has 0 aliphatic rings. The van der Waals surface area contributed by atoms with Gasteiger partial charge in [0.2, 0.25) is 0 Å². The molecule has 0 saturated heterocycles. The van der Waals surface area contributed by atoms with Crippen LogP contribution in [-0.4, -0.2) is 0 Å². The molecule has 0 N–H and O–H groups in total. The maximum atomic E-state index is 13.1. The van der Waals surface area contributed by atoms with Crippen LogP contribution in [-0.2, 0) is 0 Å². The van der Waals surface area contributed by atoms with E-state index >= 15 is 0 Å². The first kappa shape index (κ1) is 18.5. The quantitative estimate of drug-likeness (QED) is 0.314. The van der Waals surface area contributed by atoms with Crippen molar-refractivity contribution in [3.05, 3.63) is 104 Å². The fraction of sp³-hybridized carbons (Fsp3) is 0. The van der Waals surface area contributed by atoms with Crippen LogP contribution in [0.25, 0.3) is 35.4 Å². The largest absolute Gasteiger partial charge is 0.207 e. The van der Waals surface area contributed by atoms with Crippen LogP contribution >= 0.6 is 22.7 Å². The normalized spacial score (nSPS) is 11.6. The van der Waals surface area contributed by atoms with E-state index in [-0.39, 0.29) is 11.6 Å². The summed E-state index contributed by atoms with van der Waals surface area (Å²) in [5.74, 6) is -0.463. The van der Waals surface area contributed by atoms with E-state index in [0.717, 1.165) is 20.9 Å². The molecule has 2 aromatic carbocycles. The first-order valence-corrected chi connectivity index (χ1v) is 10.5. The lowest BCUT2D eigenvalue weighted by molar-refractivity contribution is 0.627. The van der Waals surface area contributed by atoms with Gasteiger partial charge in [-0.15, -0.1) is 22.7 Å². The van der Waals surface area contributed by atoms with Crippen LogP contribution in [0, 0.1) is 11.6 Å². The van der Waals surface area contributed by atoms with Crippen molar-refractivity contribution in [1.29, 1.82) is 0 Å². The van der Waals surface area contributed by atoms with Crippen molar-refractivity contribution in [2.75, 3.05) is 0 Å². The van der Waals surface area contributed by atoms with Crippen molar-refractivity contribution < 1.29 is 8.78 Å². The van der Waals surface area contributed by atoms with Crippen LogP contribution in [0.2, 0.25) is 0 Å². The number of benzene rings is 2. The predicted octanol–water partition coefficient (Wildman–Crippen LogP) is 8.10. The Morgan fingerprint density at radius 2 is 0.893 bits per heavy atom. The molecule has 138 valence electrons. The molecule has 0 atom stereocenters. The Kier molecular flexibility index (Phi) is 5.60. The Morgan fingerprint density at radius 3 is 1.29 bits per heavy atom. The van der Waals surface area contributed by atoms with Crippen LogP contribution in [0.4, 0.5) is 8.78 Å². The van der Waals surface area contributed by atoms with Crippen molar-refractivity contribution in [3.63, 3.8) is 0 Å². The zero-order chi connectivity index (χ0) is 19.3. The van der Waals surface area contributed by atoms with E-state index in [1.54, 1.807) is 46.9 Å². The number of hydrogen-bond acceptors (Lipinski definition) is 2. The van der Waals surface area contributed by atoms with Gasteiger partial charge in [-0.2, -0.15) is 0 Å². The average Bonchev–Trinajstić information content (AvgIpc) is 3.36. The lowest BCUT2D eigenvalue weighted by atomic mass is 10.1. The van der Waals surface area contributed by atoms with E-state index in [9.17, 15) is 8.78 Å². The van der Waals surface area contributed by atoms with Gasteiger partial charge in [0.05, 0.1) is 0 Å². The Hall–Kier alpha value is -2.82. The Balaban J connectivity index is 1.59. The zero-order valence-corrected chi connectivity index (χ0v) is 16.4. The Bertz CT molecular complexity index is 1020. The van der Waals surface area contributed by atoms with Crippen LogP contribution in [0.1, 0.15) is 20.9 Å². The molecule has 0 nitrogen and oxygen atoms in total. The van der Waals surface area contributed by atoms with Gasteiger partial charge in [-0.3, -0.25) is 0 Å². The maximum Gasteiger partial charge on any atom is 0.123 e. The third-order valence-electron chi connectivity index (χ3n) is 4.27. The smallest absolute Gasteiger partial charge is 0.123 e. The second-order valence-corrected chi connectivity index (χ2v) is 8.06. The Labute approximate surface area is 170 Å². The molecule has 0 bridgehead atoms. The van der Waals surface area contributed by atoms with E-state index in [4.69, 9.17) is 0 Å². The number of halogens is 2. The van der Waals surface area contributed by atoms with Gasteiger partial charge in [0.1, 0.15) is 11.6 Å². The average molecular weight is 407 g/mol. The molecule has 0 amide bonds. The lowest BCUT2D eigenvalue weighted by Gasteiger charge is -2.01. The van der Waals surface area contributed by atoms with E-state index < -0.39 is 0 Å². The first-order chi connectivity index (χ1) is 13.7. The molecule has 0 saturated carbocycles. The highest BCUT2D eigenvalue weighted by Gasteiger charge is 2.09. The summed E-state index contributed by atoms with van der Waals surface area (Å²) in [5.41, 5.74) is 4.26. The highest BCUT2D eigenvalue weighted by molar-refractivity contribution is 7.12. The third kappa shape index (κ3) is 4.35. The summed E-state index contributed by atoms with van der Waals surface area (Å²) in [6.45, 7) is 0. The molecule has 4 heteroatoms. The summed E-state index contributed by atoms with van der Waals surface area (Å²) in [7, 11) is 0. The molecular weight excluding hydrogens is 390 g/mol. The summed E-state index contributed by atoms with van der Waals surface area (Å²) < 4.78 is 26.1. The van der Waals surface area contributed by atoms with Gasteiger partial charge >= 0.3 is 0 Å². The van der Waals surface area contributed by atoms with Gasteiger partial charge in [-0.05, 0) is 70.4 Å². The van der Waals surface area contributed by atoms with Crippen molar-refractivity contribution in [2.45, 2.75) is 0 Å². The summed E-state index contributed by atoms with van der Waals surface area (Å²) in [6.07, 6.45) is 8.13. The van der Waals surface area contributed by atoms with Crippen molar-refractivity contribution >= 4 is 47.0 Å². The van der Waals surface area contributed by atoms with Crippen LogP contribution in [0.15, 0.2) is 71.4 Å². The molecule has 28 heavy (non-hydrogen) atoms. The van der Waals surface area contributed by atoms with Crippen molar-refractivity contribution in [1.82, 2.24) is 0 Å². The van der Waals surface area contributed by atoms with Gasteiger partial charge in [0.25, 0.3) is 0 Å². The van der Waals surface area contributed by atoms with Gasteiger partial charge in [0, 0.05) is 20.9 Å². The molecule has 0 radical (unpaired) electrons. The number of hydrogen-bond donors (Lipinski definition) is 0. The standard InChI is InChI=1S/C24H16F2S2/c25-19-7-1-17(2-8-19)5-11-23-21(13-15-27-23)22-14-16-28-24(22)12-6-18-3-9-20(26)10-4-18/h1-16H. The summed E-state index contributed by atoms with van der Waals surface area (Å²) >= 11 is 3.35.